The van der Waals surface area contributed by atoms with Crippen molar-refractivity contribution in [2.45, 2.75) is 12.8 Å². The Labute approximate surface area is 151 Å². The highest BCUT2D eigenvalue weighted by Crippen LogP contribution is 2.22. The summed E-state index contributed by atoms with van der Waals surface area (Å²) in [6.07, 6.45) is 1.78. The lowest BCUT2D eigenvalue weighted by atomic mass is 10.1. The van der Waals surface area contributed by atoms with E-state index < -0.39 is 0 Å². The molecule has 0 unspecified atom stereocenters. The minimum absolute atomic E-state index is 0.180. The summed E-state index contributed by atoms with van der Waals surface area (Å²) in [5.74, 6) is -0.350. The summed E-state index contributed by atoms with van der Waals surface area (Å²) in [6, 6.07) is 15.0. The maximum Gasteiger partial charge on any atom is 0.291 e. The molecule has 0 heterocycles. The molecule has 0 aromatic heterocycles. The van der Waals surface area contributed by atoms with Crippen LogP contribution in [0.15, 0.2) is 53.5 Å². The molecular formula is C18H18Cl2N2O2. The first-order chi connectivity index (χ1) is 11.6. The van der Waals surface area contributed by atoms with Gasteiger partial charge in [0.1, 0.15) is 0 Å². The minimum Gasteiger partial charge on any atom is -0.468 e. The largest absolute Gasteiger partial charge is 0.468 e. The number of nitrogens with zero attached hydrogens (tertiary/aromatic N) is 1. The monoisotopic (exact) mass is 364 g/mol. The predicted molar refractivity (Wildman–Crippen MR) is 98.0 cm³/mol. The van der Waals surface area contributed by atoms with Crippen molar-refractivity contribution in [3.05, 3.63) is 69.7 Å². The molecule has 2 rings (SSSR count). The van der Waals surface area contributed by atoms with Crippen molar-refractivity contribution < 1.29 is 9.53 Å². The van der Waals surface area contributed by atoms with Gasteiger partial charge in [-0.25, -0.2) is 4.99 Å². The molecular weight excluding hydrogens is 347 g/mol. The average Bonchev–Trinajstić information content (AvgIpc) is 2.60. The minimum atomic E-state index is -0.350. The zero-order valence-electron chi connectivity index (χ0n) is 13.3. The third kappa shape index (κ3) is 5.55. The van der Waals surface area contributed by atoms with Crippen molar-refractivity contribution in [3.63, 3.8) is 0 Å². The van der Waals surface area contributed by atoms with Crippen LogP contribution in [0.1, 0.15) is 22.3 Å². The molecule has 24 heavy (non-hydrogen) atoms. The number of amides is 1. The molecule has 0 fully saturated rings. The van der Waals surface area contributed by atoms with Gasteiger partial charge in [0.2, 0.25) is 0 Å². The van der Waals surface area contributed by atoms with Crippen LogP contribution in [-0.2, 0) is 11.2 Å². The molecule has 1 N–H and O–H groups in total. The number of carbonyl (C=O) groups excluding carboxylic acids is 1. The summed E-state index contributed by atoms with van der Waals surface area (Å²) in [5, 5.41) is 3.34. The van der Waals surface area contributed by atoms with Crippen LogP contribution >= 0.6 is 23.2 Å². The van der Waals surface area contributed by atoms with Crippen LogP contribution in [0.25, 0.3) is 0 Å². The smallest absolute Gasteiger partial charge is 0.291 e. The summed E-state index contributed by atoms with van der Waals surface area (Å²) in [4.78, 5) is 16.4. The molecule has 1 amide bonds. The fourth-order valence-electron chi connectivity index (χ4n) is 2.07. The van der Waals surface area contributed by atoms with E-state index in [1.807, 2.05) is 18.2 Å². The third-order valence-corrected chi connectivity index (χ3v) is 4.06. The Bertz CT molecular complexity index is 718. The van der Waals surface area contributed by atoms with Crippen LogP contribution in [0.5, 0.6) is 0 Å². The molecule has 0 saturated carbocycles. The number of benzene rings is 2. The molecule has 0 spiro atoms. The average molecular weight is 365 g/mol. The van der Waals surface area contributed by atoms with Crippen LogP contribution in [-0.4, -0.2) is 25.6 Å². The van der Waals surface area contributed by atoms with Gasteiger partial charge in [-0.3, -0.25) is 10.1 Å². The normalized spacial score (nSPS) is 11.2. The molecule has 6 heteroatoms. The van der Waals surface area contributed by atoms with E-state index in [-0.39, 0.29) is 11.9 Å². The van der Waals surface area contributed by atoms with Crippen molar-refractivity contribution in [3.8, 4) is 0 Å². The van der Waals surface area contributed by atoms with Crippen LogP contribution in [0.2, 0.25) is 10.0 Å². The van der Waals surface area contributed by atoms with Gasteiger partial charge in [-0.05, 0) is 36.6 Å². The van der Waals surface area contributed by atoms with E-state index in [2.05, 4.69) is 22.4 Å². The van der Waals surface area contributed by atoms with E-state index >= 15 is 0 Å². The Morgan fingerprint density at radius 1 is 1.12 bits per heavy atom. The fraction of sp³-hybridized carbons (Fsp3) is 0.222. The number of rotatable bonds is 5. The number of amidine groups is 1. The molecule has 126 valence electrons. The third-order valence-electron chi connectivity index (χ3n) is 3.32. The van der Waals surface area contributed by atoms with Crippen LogP contribution in [0.4, 0.5) is 0 Å². The van der Waals surface area contributed by atoms with Gasteiger partial charge in [0.15, 0.2) is 0 Å². The zero-order chi connectivity index (χ0) is 17.4. The molecule has 0 radical (unpaired) electrons. The van der Waals surface area contributed by atoms with Gasteiger partial charge in [-0.2, -0.15) is 0 Å². The van der Waals surface area contributed by atoms with Gasteiger partial charge in [0, 0.05) is 12.1 Å². The Morgan fingerprint density at radius 2 is 1.88 bits per heavy atom. The summed E-state index contributed by atoms with van der Waals surface area (Å²) in [7, 11) is 1.46. The maximum absolute atomic E-state index is 12.2. The number of nitrogens with one attached hydrogen (secondary N) is 1. The van der Waals surface area contributed by atoms with Gasteiger partial charge < -0.3 is 4.74 Å². The highest BCUT2D eigenvalue weighted by atomic mass is 35.5. The molecule has 2 aromatic rings. The molecule has 0 aliphatic heterocycles. The number of aryl methyl sites for hydroxylation is 1. The van der Waals surface area contributed by atoms with Crippen LogP contribution in [0.3, 0.4) is 0 Å². The van der Waals surface area contributed by atoms with E-state index in [0.717, 1.165) is 12.8 Å². The van der Waals surface area contributed by atoms with Gasteiger partial charge in [-0.15, -0.1) is 0 Å². The van der Waals surface area contributed by atoms with Crippen LogP contribution < -0.4 is 5.32 Å². The van der Waals surface area contributed by atoms with Gasteiger partial charge >= 0.3 is 0 Å². The number of hydrogen-bond acceptors (Lipinski definition) is 3. The van der Waals surface area contributed by atoms with Crippen molar-refractivity contribution in [1.82, 2.24) is 5.32 Å². The first kappa shape index (κ1) is 18.3. The number of aliphatic imine (C=N–C) groups is 1. The fourth-order valence-corrected chi connectivity index (χ4v) is 2.37. The molecule has 0 aliphatic carbocycles. The maximum atomic E-state index is 12.2. The molecule has 4 nitrogen and oxygen atoms in total. The van der Waals surface area contributed by atoms with Gasteiger partial charge in [0.25, 0.3) is 11.9 Å². The molecule has 2 aromatic carbocycles. The van der Waals surface area contributed by atoms with Crippen molar-refractivity contribution >= 4 is 35.1 Å². The Morgan fingerprint density at radius 3 is 2.54 bits per heavy atom. The summed E-state index contributed by atoms with van der Waals surface area (Å²) in [5.41, 5.74) is 1.64. The molecule has 0 aliphatic rings. The van der Waals surface area contributed by atoms with Crippen molar-refractivity contribution in [1.29, 1.82) is 0 Å². The summed E-state index contributed by atoms with van der Waals surface area (Å²) in [6.45, 7) is 0.555. The van der Waals surface area contributed by atoms with E-state index in [4.69, 9.17) is 27.9 Å². The molecule has 0 saturated heterocycles. The number of halogens is 2. The second-order valence-corrected chi connectivity index (χ2v) is 5.88. The van der Waals surface area contributed by atoms with Gasteiger partial charge in [-0.1, -0.05) is 53.5 Å². The standard InChI is InChI=1S/C18H18Cl2N2O2/c1-24-18(21-11-5-8-13-6-3-2-4-7-13)22-17(23)14-9-10-15(19)16(20)12-14/h2-4,6-7,9-10,12H,5,8,11H2,1H3,(H,21,22,23). The summed E-state index contributed by atoms with van der Waals surface area (Å²) >= 11 is 11.8. The highest BCUT2D eigenvalue weighted by molar-refractivity contribution is 6.42. The highest BCUT2D eigenvalue weighted by Gasteiger charge is 2.10. The number of ether oxygens (including phenoxy) is 1. The zero-order valence-corrected chi connectivity index (χ0v) is 14.8. The lowest BCUT2D eigenvalue weighted by Gasteiger charge is -2.08. The Kier molecular flexibility index (Phi) is 7.09. The first-order valence-electron chi connectivity index (χ1n) is 7.49. The van der Waals surface area contributed by atoms with Gasteiger partial charge in [0.05, 0.1) is 17.2 Å². The SMILES string of the molecule is COC(=NCCCc1ccccc1)NC(=O)c1ccc(Cl)c(Cl)c1. The second kappa shape index (κ2) is 9.30. The van der Waals surface area contributed by atoms with E-state index in [1.54, 1.807) is 12.1 Å². The van der Waals surface area contributed by atoms with E-state index in [0.29, 0.717) is 22.2 Å². The molecule has 0 bridgehead atoms. The second-order valence-electron chi connectivity index (χ2n) is 5.06. The van der Waals surface area contributed by atoms with Crippen molar-refractivity contribution in [2.75, 3.05) is 13.7 Å². The predicted octanol–water partition coefficient (Wildman–Crippen LogP) is 4.36. The Balaban J connectivity index is 1.88. The van der Waals surface area contributed by atoms with Crippen LogP contribution in [0, 0.1) is 0 Å². The molecule has 0 atom stereocenters. The van der Waals surface area contributed by atoms with Crippen molar-refractivity contribution in [2.24, 2.45) is 4.99 Å². The Hall–Kier alpha value is -2.04. The van der Waals surface area contributed by atoms with E-state index in [9.17, 15) is 4.79 Å². The quantitative estimate of drug-likeness (QED) is 0.486. The lowest BCUT2D eigenvalue weighted by molar-refractivity contribution is 0.0968. The first-order valence-corrected chi connectivity index (χ1v) is 8.24. The number of hydrogen-bond donors (Lipinski definition) is 1. The summed E-state index contributed by atoms with van der Waals surface area (Å²) < 4.78 is 5.11. The number of methoxy groups -OCH3 is 1. The lowest BCUT2D eigenvalue weighted by Crippen LogP contribution is -2.32. The topological polar surface area (TPSA) is 50.7 Å². The number of carbonyl (C=O) groups is 1. The van der Waals surface area contributed by atoms with E-state index in [1.165, 1.54) is 18.7 Å².